The first kappa shape index (κ1) is 69.5. The average molecular weight is 1110 g/mol. The smallest absolute Gasteiger partial charge is 0.220 e. The molecule has 3 aliphatic rings. The lowest BCUT2D eigenvalue weighted by Gasteiger charge is -2.48. The highest BCUT2D eigenvalue weighted by Crippen LogP contribution is 2.33. The molecule has 0 aromatic carbocycles. The summed E-state index contributed by atoms with van der Waals surface area (Å²) in [4.78, 5) is 13.2. The van der Waals surface area contributed by atoms with Gasteiger partial charge in [-0.1, -0.05) is 192 Å². The van der Waals surface area contributed by atoms with Gasteiger partial charge in [-0.05, 0) is 32.1 Å². The SMILES string of the molecule is CCCCCCCCCCCCCCCCCC/C=C/CC/C=C/C(O)C(COC1OC(CO)C(OC2OC(CO)C(OC3OC(CO)C(O)C(O)C3O)C(O)C2O)C(O)C1O)NC(=O)CCCCCCCCCCCC. The zero-order valence-corrected chi connectivity index (χ0v) is 46.9. The molecule has 1 amide bonds. The number of aliphatic hydroxyl groups is 11. The maximum absolute atomic E-state index is 13.2. The van der Waals surface area contributed by atoms with Gasteiger partial charge in [-0.15, -0.1) is 0 Å². The van der Waals surface area contributed by atoms with Crippen molar-refractivity contribution in [1.29, 1.82) is 0 Å². The number of ether oxygens (including phenoxy) is 6. The van der Waals surface area contributed by atoms with Gasteiger partial charge in [0.2, 0.25) is 5.91 Å². The first-order chi connectivity index (χ1) is 37.3. The minimum absolute atomic E-state index is 0.238. The lowest BCUT2D eigenvalue weighted by atomic mass is 9.96. The fourth-order valence-corrected chi connectivity index (χ4v) is 10.3. The van der Waals surface area contributed by atoms with Crippen molar-refractivity contribution in [2.45, 2.75) is 311 Å². The third kappa shape index (κ3) is 26.4. The van der Waals surface area contributed by atoms with E-state index in [0.717, 1.165) is 38.5 Å². The van der Waals surface area contributed by atoms with Gasteiger partial charge in [-0.25, -0.2) is 0 Å². The van der Waals surface area contributed by atoms with Crippen molar-refractivity contribution in [3.8, 4) is 0 Å². The minimum Gasteiger partial charge on any atom is -0.394 e. The van der Waals surface area contributed by atoms with Gasteiger partial charge in [0.15, 0.2) is 18.9 Å². The van der Waals surface area contributed by atoms with E-state index in [2.05, 4.69) is 31.3 Å². The fraction of sp³-hybridized carbons (Fsp3) is 0.914. The molecule has 0 aliphatic carbocycles. The molecule has 0 aromatic rings. The molecular formula is C58H107NO18. The Bertz CT molecular complexity index is 1510. The Labute approximate surface area is 460 Å². The molecule has 19 heteroatoms. The molecule has 77 heavy (non-hydrogen) atoms. The second-order valence-corrected chi connectivity index (χ2v) is 21.8. The van der Waals surface area contributed by atoms with E-state index in [4.69, 9.17) is 28.4 Å². The number of nitrogens with one attached hydrogen (secondary N) is 1. The molecule has 12 N–H and O–H groups in total. The van der Waals surface area contributed by atoms with Gasteiger partial charge in [0.25, 0.3) is 0 Å². The minimum atomic E-state index is -1.98. The number of rotatable bonds is 44. The molecule has 17 atom stereocenters. The van der Waals surface area contributed by atoms with Crippen molar-refractivity contribution in [3.05, 3.63) is 24.3 Å². The second kappa shape index (κ2) is 42.1. The summed E-state index contributed by atoms with van der Waals surface area (Å²) in [6.45, 7) is 1.68. The standard InChI is InChI=1S/C58H107NO18/c1-3-5-7-9-11-13-15-16-17-18-19-20-21-22-23-24-25-26-27-29-31-33-35-42(63)41(59-46(64)36-34-32-30-28-14-12-10-8-6-4-2)40-72-56-52(70)49(67)54(44(38-61)74-56)77-58-53(71)50(68)55(45(39-62)75-58)76-57-51(69)48(66)47(65)43(37-60)73-57/h26-27,33,35,41-45,47-58,60-63,65-71H,3-25,28-32,34,36-40H2,1-2H3,(H,59,64)/b27-26+,35-33+. The summed E-state index contributed by atoms with van der Waals surface area (Å²) in [5.41, 5.74) is 0. The van der Waals surface area contributed by atoms with Gasteiger partial charge in [-0.3, -0.25) is 4.79 Å². The van der Waals surface area contributed by atoms with Crippen LogP contribution in [-0.4, -0.2) is 193 Å². The maximum Gasteiger partial charge on any atom is 0.220 e. The molecule has 3 rings (SSSR count). The number of carbonyl (C=O) groups excluding carboxylic acids is 1. The van der Waals surface area contributed by atoms with Crippen LogP contribution in [0.2, 0.25) is 0 Å². The molecule has 0 spiro atoms. The number of allylic oxidation sites excluding steroid dienone is 3. The number of amides is 1. The van der Waals surface area contributed by atoms with E-state index >= 15 is 0 Å². The van der Waals surface area contributed by atoms with Gasteiger partial charge >= 0.3 is 0 Å². The highest BCUT2D eigenvalue weighted by molar-refractivity contribution is 5.76. The van der Waals surface area contributed by atoms with Gasteiger partial charge in [0.05, 0.1) is 38.6 Å². The van der Waals surface area contributed by atoms with E-state index in [-0.39, 0.29) is 18.9 Å². The van der Waals surface area contributed by atoms with Crippen LogP contribution in [0.1, 0.15) is 206 Å². The molecule has 3 fully saturated rings. The summed E-state index contributed by atoms with van der Waals surface area (Å²) in [5, 5.41) is 120. The Kier molecular flexibility index (Phi) is 38.1. The zero-order chi connectivity index (χ0) is 56.2. The topological polar surface area (TPSA) is 307 Å². The molecule has 452 valence electrons. The van der Waals surface area contributed by atoms with Gasteiger partial charge in [0.1, 0.15) is 73.2 Å². The van der Waals surface area contributed by atoms with E-state index in [1.807, 2.05) is 6.08 Å². The van der Waals surface area contributed by atoms with Crippen molar-refractivity contribution >= 4 is 5.91 Å². The van der Waals surface area contributed by atoms with Crippen LogP contribution in [0.4, 0.5) is 0 Å². The second-order valence-electron chi connectivity index (χ2n) is 21.8. The van der Waals surface area contributed by atoms with Crippen LogP contribution in [0.3, 0.4) is 0 Å². The van der Waals surface area contributed by atoms with Crippen LogP contribution in [0.5, 0.6) is 0 Å². The predicted octanol–water partition coefficient (Wildman–Crippen LogP) is 5.15. The number of carbonyl (C=O) groups is 1. The molecule has 19 nitrogen and oxygen atoms in total. The lowest BCUT2D eigenvalue weighted by molar-refractivity contribution is -0.379. The van der Waals surface area contributed by atoms with Crippen LogP contribution in [0.25, 0.3) is 0 Å². The van der Waals surface area contributed by atoms with E-state index in [0.29, 0.717) is 12.8 Å². The van der Waals surface area contributed by atoms with Gasteiger partial charge < -0.3 is 89.9 Å². The van der Waals surface area contributed by atoms with E-state index in [1.165, 1.54) is 135 Å². The average Bonchev–Trinajstić information content (AvgIpc) is 3.43. The third-order valence-electron chi connectivity index (χ3n) is 15.3. The van der Waals surface area contributed by atoms with Crippen molar-refractivity contribution in [1.82, 2.24) is 5.32 Å². The molecule has 17 unspecified atom stereocenters. The number of hydrogen-bond donors (Lipinski definition) is 12. The van der Waals surface area contributed by atoms with Gasteiger partial charge in [-0.2, -0.15) is 0 Å². The Morgan fingerprint density at radius 2 is 0.831 bits per heavy atom. The van der Waals surface area contributed by atoms with Crippen molar-refractivity contribution in [2.24, 2.45) is 0 Å². The Morgan fingerprint density at radius 3 is 1.30 bits per heavy atom. The zero-order valence-electron chi connectivity index (χ0n) is 46.9. The summed E-state index contributed by atoms with van der Waals surface area (Å²) in [6.07, 6.45) is 16.1. The van der Waals surface area contributed by atoms with Crippen LogP contribution in [0, 0.1) is 0 Å². The number of hydrogen-bond acceptors (Lipinski definition) is 18. The summed E-state index contributed by atoms with van der Waals surface area (Å²) in [6, 6.07) is -0.984. The van der Waals surface area contributed by atoms with Gasteiger partial charge in [0, 0.05) is 6.42 Å². The molecular weight excluding hydrogens is 999 g/mol. The number of aliphatic hydroxyl groups excluding tert-OH is 11. The quantitative estimate of drug-likeness (QED) is 0.0277. The first-order valence-corrected chi connectivity index (χ1v) is 30.1. The van der Waals surface area contributed by atoms with Crippen LogP contribution >= 0.6 is 0 Å². The molecule has 0 radical (unpaired) electrons. The monoisotopic (exact) mass is 1110 g/mol. The lowest BCUT2D eigenvalue weighted by Crippen LogP contribution is -2.66. The Morgan fingerprint density at radius 1 is 0.455 bits per heavy atom. The largest absolute Gasteiger partial charge is 0.394 e. The highest BCUT2D eigenvalue weighted by Gasteiger charge is 2.53. The molecule has 0 saturated carbocycles. The fourth-order valence-electron chi connectivity index (χ4n) is 10.3. The molecule has 0 aromatic heterocycles. The highest BCUT2D eigenvalue weighted by atomic mass is 16.8. The number of unbranched alkanes of at least 4 members (excludes halogenated alkanes) is 26. The maximum atomic E-state index is 13.2. The van der Waals surface area contributed by atoms with E-state index in [9.17, 15) is 61.0 Å². The van der Waals surface area contributed by atoms with Crippen LogP contribution in [0.15, 0.2) is 24.3 Å². The molecule has 3 saturated heterocycles. The molecule has 0 bridgehead atoms. The predicted molar refractivity (Wildman–Crippen MR) is 291 cm³/mol. The molecule has 3 heterocycles. The normalized spacial score (nSPS) is 30.8. The summed E-state index contributed by atoms with van der Waals surface area (Å²) < 4.78 is 34.2. The summed E-state index contributed by atoms with van der Waals surface area (Å²) in [7, 11) is 0. The third-order valence-corrected chi connectivity index (χ3v) is 15.3. The Hall–Kier alpha value is -1.73. The molecule has 3 aliphatic heterocycles. The first-order valence-electron chi connectivity index (χ1n) is 30.1. The summed E-state index contributed by atoms with van der Waals surface area (Å²) in [5.74, 6) is -0.287. The van der Waals surface area contributed by atoms with E-state index in [1.54, 1.807) is 6.08 Å². The van der Waals surface area contributed by atoms with Crippen molar-refractivity contribution in [2.75, 3.05) is 26.4 Å². The van der Waals surface area contributed by atoms with Crippen molar-refractivity contribution < 1.29 is 89.4 Å². The Balaban J connectivity index is 1.49. The van der Waals surface area contributed by atoms with E-state index < -0.39 is 124 Å². The summed E-state index contributed by atoms with van der Waals surface area (Å²) >= 11 is 0. The van der Waals surface area contributed by atoms with Crippen molar-refractivity contribution in [3.63, 3.8) is 0 Å². The van der Waals surface area contributed by atoms with Crippen LogP contribution < -0.4 is 5.32 Å². The van der Waals surface area contributed by atoms with Crippen LogP contribution in [-0.2, 0) is 33.2 Å².